The maximum Gasteiger partial charge on any atom is 0.193 e. The van der Waals surface area contributed by atoms with Gasteiger partial charge in [-0.15, -0.1) is 0 Å². The normalized spacial score (nSPS) is 11.8. The van der Waals surface area contributed by atoms with Crippen molar-refractivity contribution in [2.45, 2.75) is 19.4 Å². The minimum Gasteiger partial charge on any atom is -0.370 e. The lowest BCUT2D eigenvalue weighted by Crippen LogP contribution is -2.36. The smallest absolute Gasteiger partial charge is 0.193 e. The number of benzene rings is 3. The lowest BCUT2D eigenvalue weighted by Gasteiger charge is -2.21. The third-order valence-electron chi connectivity index (χ3n) is 5.26. The number of rotatable bonds is 6. The fourth-order valence-electron chi connectivity index (χ4n) is 3.51. The molecule has 31 heavy (non-hydrogen) atoms. The molecule has 0 aliphatic carbocycles. The standard InChI is InChI=1S/C25H23FN4O/c1-17(19-12-13-22(23(26)14-19)18-8-4-2-5-9-18)24-15-20(29-31-24)16-30(25(27)28)21-10-6-3-7-11-21/h2-15,17H,16H2,1H3,(H3,27,28). The number of guanidine groups is 1. The van der Waals surface area contributed by atoms with Gasteiger partial charge in [0.25, 0.3) is 0 Å². The summed E-state index contributed by atoms with van der Waals surface area (Å²) >= 11 is 0. The number of nitrogens with zero attached hydrogens (tertiary/aromatic N) is 2. The quantitative estimate of drug-likeness (QED) is 0.321. The van der Waals surface area contributed by atoms with Gasteiger partial charge in [0.2, 0.25) is 0 Å². The molecule has 0 radical (unpaired) electrons. The Balaban J connectivity index is 1.53. The fourth-order valence-corrected chi connectivity index (χ4v) is 3.51. The SMILES string of the molecule is CC(c1ccc(-c2ccccc2)c(F)c1)c1cc(CN(C(=N)N)c2ccccc2)no1. The van der Waals surface area contributed by atoms with Crippen LogP contribution in [-0.2, 0) is 6.54 Å². The zero-order valence-electron chi connectivity index (χ0n) is 17.1. The molecule has 4 aromatic rings. The Hall–Kier alpha value is -3.93. The van der Waals surface area contributed by atoms with Gasteiger partial charge in [0.15, 0.2) is 5.96 Å². The largest absolute Gasteiger partial charge is 0.370 e. The summed E-state index contributed by atoms with van der Waals surface area (Å²) in [6.45, 7) is 2.25. The summed E-state index contributed by atoms with van der Waals surface area (Å²) in [5.41, 5.74) is 9.40. The summed E-state index contributed by atoms with van der Waals surface area (Å²) in [4.78, 5) is 1.64. The maximum atomic E-state index is 14.8. The number of para-hydroxylation sites is 1. The fraction of sp³-hybridized carbons (Fsp3) is 0.120. The molecule has 0 fully saturated rings. The van der Waals surface area contributed by atoms with Crippen LogP contribution < -0.4 is 10.6 Å². The second-order valence-corrected chi connectivity index (χ2v) is 7.35. The van der Waals surface area contributed by atoms with E-state index in [0.717, 1.165) is 16.8 Å². The van der Waals surface area contributed by atoms with Gasteiger partial charge in [-0.25, -0.2) is 4.39 Å². The van der Waals surface area contributed by atoms with E-state index in [1.807, 2.05) is 79.7 Å². The van der Waals surface area contributed by atoms with Crippen LogP contribution in [0.4, 0.5) is 10.1 Å². The average molecular weight is 414 g/mol. The van der Waals surface area contributed by atoms with E-state index < -0.39 is 0 Å². The average Bonchev–Trinajstić information content (AvgIpc) is 3.26. The first kappa shape index (κ1) is 20.3. The summed E-state index contributed by atoms with van der Waals surface area (Å²) in [6, 6.07) is 26.0. The molecule has 3 aromatic carbocycles. The second kappa shape index (κ2) is 8.83. The highest BCUT2D eigenvalue weighted by Crippen LogP contribution is 2.30. The molecule has 0 saturated heterocycles. The number of aromatic nitrogens is 1. The van der Waals surface area contributed by atoms with E-state index in [0.29, 0.717) is 23.6 Å². The number of anilines is 1. The zero-order valence-corrected chi connectivity index (χ0v) is 17.1. The molecule has 1 atom stereocenters. The van der Waals surface area contributed by atoms with Crippen molar-refractivity contribution in [2.24, 2.45) is 5.73 Å². The molecular formula is C25H23FN4O. The zero-order chi connectivity index (χ0) is 21.8. The summed E-state index contributed by atoms with van der Waals surface area (Å²) in [6.07, 6.45) is 0. The Morgan fingerprint density at radius 3 is 2.35 bits per heavy atom. The molecule has 1 aromatic heterocycles. The van der Waals surface area contributed by atoms with Gasteiger partial charge in [-0.1, -0.05) is 72.7 Å². The molecule has 0 spiro atoms. The molecule has 1 unspecified atom stereocenters. The predicted octanol–water partition coefficient (Wildman–Crippen LogP) is 5.53. The van der Waals surface area contributed by atoms with Crippen LogP contribution in [0.5, 0.6) is 0 Å². The van der Waals surface area contributed by atoms with E-state index in [9.17, 15) is 4.39 Å². The molecule has 0 aliphatic rings. The highest BCUT2D eigenvalue weighted by molar-refractivity contribution is 5.92. The van der Waals surface area contributed by atoms with E-state index in [1.54, 1.807) is 17.0 Å². The number of nitrogens with one attached hydrogen (secondary N) is 1. The first-order valence-corrected chi connectivity index (χ1v) is 10.00. The highest BCUT2D eigenvalue weighted by Gasteiger charge is 2.19. The highest BCUT2D eigenvalue weighted by atomic mass is 19.1. The van der Waals surface area contributed by atoms with Crippen LogP contribution in [-0.4, -0.2) is 11.1 Å². The van der Waals surface area contributed by atoms with E-state index in [2.05, 4.69) is 5.16 Å². The van der Waals surface area contributed by atoms with Crippen molar-refractivity contribution in [1.29, 1.82) is 5.41 Å². The molecule has 0 saturated carbocycles. The molecular weight excluding hydrogens is 391 g/mol. The number of hydrogen-bond acceptors (Lipinski definition) is 3. The van der Waals surface area contributed by atoms with Crippen molar-refractivity contribution in [3.05, 3.63) is 108 Å². The summed E-state index contributed by atoms with van der Waals surface area (Å²) in [5.74, 6) is 0.0889. The molecule has 3 N–H and O–H groups in total. The summed E-state index contributed by atoms with van der Waals surface area (Å²) in [7, 11) is 0. The van der Waals surface area contributed by atoms with Gasteiger partial charge in [0, 0.05) is 23.2 Å². The molecule has 1 heterocycles. The number of hydrogen-bond donors (Lipinski definition) is 2. The van der Waals surface area contributed by atoms with Gasteiger partial charge < -0.3 is 15.2 Å². The Labute approximate surface area is 180 Å². The second-order valence-electron chi connectivity index (χ2n) is 7.35. The lowest BCUT2D eigenvalue weighted by molar-refractivity contribution is 0.370. The van der Waals surface area contributed by atoms with Crippen LogP contribution >= 0.6 is 0 Å². The Bertz CT molecular complexity index is 1170. The lowest BCUT2D eigenvalue weighted by atomic mass is 9.95. The maximum absolute atomic E-state index is 14.8. The van der Waals surface area contributed by atoms with Crippen molar-refractivity contribution in [3.8, 4) is 11.1 Å². The third-order valence-corrected chi connectivity index (χ3v) is 5.26. The minimum atomic E-state index is -0.276. The summed E-state index contributed by atoms with van der Waals surface area (Å²) < 4.78 is 20.3. The van der Waals surface area contributed by atoms with Crippen LogP contribution in [0.1, 0.15) is 29.9 Å². The number of nitrogens with two attached hydrogens (primary N) is 1. The molecule has 156 valence electrons. The Kier molecular flexibility index (Phi) is 5.80. The van der Waals surface area contributed by atoms with Gasteiger partial charge in [0.1, 0.15) is 17.3 Å². The van der Waals surface area contributed by atoms with Crippen LogP contribution in [0.25, 0.3) is 11.1 Å². The van der Waals surface area contributed by atoms with Crippen LogP contribution in [0.2, 0.25) is 0 Å². The van der Waals surface area contributed by atoms with Crippen molar-refractivity contribution >= 4 is 11.6 Å². The Morgan fingerprint density at radius 1 is 1.03 bits per heavy atom. The summed E-state index contributed by atoms with van der Waals surface area (Å²) in [5, 5.41) is 12.0. The van der Waals surface area contributed by atoms with Gasteiger partial charge in [0.05, 0.1) is 6.54 Å². The molecule has 0 amide bonds. The van der Waals surface area contributed by atoms with Gasteiger partial charge >= 0.3 is 0 Å². The van der Waals surface area contributed by atoms with Crippen molar-refractivity contribution in [1.82, 2.24) is 5.16 Å². The Morgan fingerprint density at radius 2 is 1.71 bits per heavy atom. The van der Waals surface area contributed by atoms with Crippen LogP contribution in [0, 0.1) is 11.2 Å². The monoisotopic (exact) mass is 414 g/mol. The van der Waals surface area contributed by atoms with Crippen molar-refractivity contribution in [3.63, 3.8) is 0 Å². The van der Waals surface area contributed by atoms with Crippen molar-refractivity contribution < 1.29 is 8.91 Å². The van der Waals surface area contributed by atoms with Crippen molar-refractivity contribution in [2.75, 3.05) is 4.90 Å². The van der Waals surface area contributed by atoms with E-state index in [4.69, 9.17) is 15.7 Å². The van der Waals surface area contributed by atoms with Crippen LogP contribution in [0.3, 0.4) is 0 Å². The first-order chi connectivity index (χ1) is 15.0. The minimum absolute atomic E-state index is 0.0811. The molecule has 6 heteroatoms. The molecule has 4 rings (SSSR count). The number of halogens is 1. The van der Waals surface area contributed by atoms with E-state index in [-0.39, 0.29) is 17.7 Å². The topological polar surface area (TPSA) is 79.1 Å². The molecule has 0 bridgehead atoms. The molecule has 0 aliphatic heterocycles. The third kappa shape index (κ3) is 4.48. The van der Waals surface area contributed by atoms with Gasteiger partial charge in [-0.3, -0.25) is 5.41 Å². The van der Waals surface area contributed by atoms with E-state index >= 15 is 0 Å². The first-order valence-electron chi connectivity index (χ1n) is 10.00. The van der Waals surface area contributed by atoms with Gasteiger partial charge in [-0.2, -0.15) is 0 Å². The van der Waals surface area contributed by atoms with Gasteiger partial charge in [-0.05, 0) is 29.3 Å². The predicted molar refractivity (Wildman–Crippen MR) is 120 cm³/mol. The van der Waals surface area contributed by atoms with E-state index in [1.165, 1.54) is 0 Å². The van der Waals surface area contributed by atoms with Crippen LogP contribution in [0.15, 0.2) is 89.5 Å². The molecule has 5 nitrogen and oxygen atoms in total.